The van der Waals surface area contributed by atoms with E-state index in [1.54, 1.807) is 17.0 Å². The molecular weight excluding hydrogens is 396 g/mol. The molecule has 10 heteroatoms. The van der Waals surface area contributed by atoms with Crippen molar-refractivity contribution in [3.05, 3.63) is 40.2 Å². The largest absolute Gasteiger partial charge is 0.467 e. The Morgan fingerprint density at radius 2 is 2.29 bits per heavy atom. The Labute approximate surface area is 169 Å². The van der Waals surface area contributed by atoms with Gasteiger partial charge in [-0.05, 0) is 53.8 Å². The summed E-state index contributed by atoms with van der Waals surface area (Å²) >= 11 is 2.79. The summed E-state index contributed by atoms with van der Waals surface area (Å²) in [4.78, 5) is 13.7. The van der Waals surface area contributed by atoms with Gasteiger partial charge in [-0.1, -0.05) is 18.2 Å². The molecule has 1 aliphatic carbocycles. The van der Waals surface area contributed by atoms with E-state index in [1.807, 2.05) is 6.07 Å². The van der Waals surface area contributed by atoms with Crippen molar-refractivity contribution in [2.45, 2.75) is 43.8 Å². The van der Waals surface area contributed by atoms with E-state index in [0.717, 1.165) is 37.0 Å². The molecule has 144 valence electrons. The summed E-state index contributed by atoms with van der Waals surface area (Å²) in [6.07, 6.45) is 6.92. The monoisotopic (exact) mass is 414 g/mol. The van der Waals surface area contributed by atoms with Gasteiger partial charge < -0.3 is 9.73 Å². The number of nitrogens with one attached hydrogen (secondary N) is 1. The first-order valence-corrected chi connectivity index (χ1v) is 10.8. The molecule has 3 aromatic rings. The number of furan rings is 1. The van der Waals surface area contributed by atoms with Gasteiger partial charge >= 0.3 is 0 Å². The molecule has 0 atom stereocenters. The Morgan fingerprint density at radius 3 is 3.11 bits per heavy atom. The van der Waals surface area contributed by atoms with Crippen LogP contribution >= 0.6 is 23.1 Å². The third kappa shape index (κ3) is 4.10. The maximum absolute atomic E-state index is 12.5. The second-order valence-electron chi connectivity index (χ2n) is 6.42. The molecule has 0 aliphatic heterocycles. The molecule has 1 N–H and O–H groups in total. The second-order valence-corrected chi connectivity index (χ2v) is 8.46. The average molecular weight is 415 g/mol. The minimum Gasteiger partial charge on any atom is -0.467 e. The molecule has 1 aliphatic rings. The zero-order chi connectivity index (χ0) is 19.3. The second kappa shape index (κ2) is 8.58. The minimum atomic E-state index is -0.176. The molecule has 0 unspecified atom stereocenters. The van der Waals surface area contributed by atoms with Gasteiger partial charge in [0, 0.05) is 4.88 Å². The van der Waals surface area contributed by atoms with Gasteiger partial charge in [0.25, 0.3) is 0 Å². The number of nitrogens with zero attached hydrogens (tertiary/aromatic N) is 5. The third-order valence-corrected chi connectivity index (χ3v) is 6.67. The number of hydrogen-bond donors (Lipinski definition) is 1. The van der Waals surface area contributed by atoms with Crippen LogP contribution in [0.15, 0.2) is 28.0 Å². The maximum Gasteiger partial charge on any atom is 0.235 e. The fourth-order valence-corrected chi connectivity index (χ4v) is 5.12. The summed E-state index contributed by atoms with van der Waals surface area (Å²) in [6, 6.07) is 5.92. The molecule has 0 spiro atoms. The zero-order valence-electron chi connectivity index (χ0n) is 15.1. The zero-order valence-corrected chi connectivity index (χ0v) is 16.7. The molecule has 4 rings (SSSR count). The molecule has 0 aromatic carbocycles. The van der Waals surface area contributed by atoms with E-state index in [2.05, 4.69) is 26.9 Å². The predicted octanol–water partition coefficient (Wildman–Crippen LogP) is 3.25. The summed E-state index contributed by atoms with van der Waals surface area (Å²) in [6.45, 7) is 0.403. The van der Waals surface area contributed by atoms with E-state index in [-0.39, 0.29) is 11.7 Å². The summed E-state index contributed by atoms with van der Waals surface area (Å²) in [7, 11) is 0. The minimum absolute atomic E-state index is 0.159. The molecular formula is C18H18N6O2S2. The SMILES string of the molecule is N#Cc1c(NC(=O)CSc2nnnn2Cc2ccco2)sc2c1CCCCC2. The van der Waals surface area contributed by atoms with E-state index >= 15 is 0 Å². The molecule has 1 amide bonds. The number of thioether (sulfide) groups is 1. The van der Waals surface area contributed by atoms with Crippen LogP contribution < -0.4 is 5.32 Å². The highest BCUT2D eigenvalue weighted by Crippen LogP contribution is 2.37. The van der Waals surface area contributed by atoms with E-state index in [1.165, 1.54) is 34.4 Å². The van der Waals surface area contributed by atoms with E-state index in [9.17, 15) is 10.1 Å². The molecule has 0 saturated carbocycles. The van der Waals surface area contributed by atoms with Crippen molar-refractivity contribution in [3.8, 4) is 6.07 Å². The van der Waals surface area contributed by atoms with Crippen molar-refractivity contribution >= 4 is 34.0 Å². The number of nitriles is 1. The van der Waals surface area contributed by atoms with Gasteiger partial charge in [-0.25, -0.2) is 4.68 Å². The van der Waals surface area contributed by atoms with Gasteiger partial charge in [0.1, 0.15) is 23.4 Å². The number of anilines is 1. The predicted molar refractivity (Wildman–Crippen MR) is 105 cm³/mol. The van der Waals surface area contributed by atoms with E-state index < -0.39 is 0 Å². The summed E-state index contributed by atoms with van der Waals surface area (Å²) in [5.41, 5.74) is 1.75. The Kier molecular flexibility index (Phi) is 5.73. The lowest BCUT2D eigenvalue weighted by atomic mass is 10.1. The first-order valence-electron chi connectivity index (χ1n) is 9.00. The molecule has 0 fully saturated rings. The number of amides is 1. The third-order valence-electron chi connectivity index (χ3n) is 4.50. The number of carbonyl (C=O) groups excluding carboxylic acids is 1. The van der Waals surface area contributed by atoms with Crippen molar-refractivity contribution < 1.29 is 9.21 Å². The summed E-state index contributed by atoms with van der Waals surface area (Å²) < 4.78 is 6.89. The van der Waals surface area contributed by atoms with Crippen molar-refractivity contribution in [1.82, 2.24) is 20.2 Å². The van der Waals surface area contributed by atoms with Gasteiger partial charge in [-0.3, -0.25) is 4.79 Å². The van der Waals surface area contributed by atoms with E-state index in [0.29, 0.717) is 22.3 Å². The fourth-order valence-electron chi connectivity index (χ4n) is 3.19. The first kappa shape index (κ1) is 18.7. The molecule has 0 bridgehead atoms. The highest BCUT2D eigenvalue weighted by atomic mass is 32.2. The molecule has 8 nitrogen and oxygen atoms in total. The lowest BCUT2D eigenvalue weighted by Crippen LogP contribution is -2.15. The molecule has 3 aromatic heterocycles. The molecule has 0 saturated heterocycles. The van der Waals surface area contributed by atoms with Crippen LogP contribution in [0.1, 0.15) is 41.0 Å². The lowest BCUT2D eigenvalue weighted by molar-refractivity contribution is -0.113. The van der Waals surface area contributed by atoms with Gasteiger partial charge in [0.05, 0.1) is 17.6 Å². The highest BCUT2D eigenvalue weighted by Gasteiger charge is 2.21. The van der Waals surface area contributed by atoms with Crippen LogP contribution in [0, 0.1) is 11.3 Å². The highest BCUT2D eigenvalue weighted by molar-refractivity contribution is 7.99. The van der Waals surface area contributed by atoms with Crippen LogP contribution in [0.3, 0.4) is 0 Å². The summed E-state index contributed by atoms with van der Waals surface area (Å²) in [5.74, 6) is 0.717. The number of thiophene rings is 1. The smallest absolute Gasteiger partial charge is 0.235 e. The van der Waals surface area contributed by atoms with Crippen LogP contribution in [0.2, 0.25) is 0 Å². The lowest BCUT2D eigenvalue weighted by Gasteiger charge is -2.04. The Morgan fingerprint density at radius 1 is 1.39 bits per heavy atom. The average Bonchev–Trinajstić information content (AvgIpc) is 3.39. The number of aromatic nitrogens is 4. The van der Waals surface area contributed by atoms with E-state index in [4.69, 9.17) is 4.42 Å². The number of hydrogen-bond acceptors (Lipinski definition) is 8. The Bertz CT molecular complexity index is 1000. The van der Waals surface area contributed by atoms with Gasteiger partial charge in [-0.2, -0.15) is 5.26 Å². The number of fused-ring (bicyclic) bond motifs is 1. The van der Waals surface area contributed by atoms with Crippen LogP contribution in [-0.2, 0) is 24.2 Å². The molecule has 3 heterocycles. The molecule has 0 radical (unpaired) electrons. The molecule has 28 heavy (non-hydrogen) atoms. The topological polar surface area (TPSA) is 110 Å². The Hall–Kier alpha value is -2.64. The number of aryl methyl sites for hydroxylation is 1. The van der Waals surface area contributed by atoms with Crippen LogP contribution in [0.5, 0.6) is 0 Å². The quantitative estimate of drug-likeness (QED) is 0.487. The number of tetrazole rings is 1. The van der Waals surface area contributed by atoms with Crippen molar-refractivity contribution in [3.63, 3.8) is 0 Å². The Balaban J connectivity index is 1.40. The van der Waals surface area contributed by atoms with Gasteiger partial charge in [-0.15, -0.1) is 16.4 Å². The number of rotatable bonds is 6. The standard InChI is InChI=1S/C18H18N6O2S2/c19-9-14-13-6-2-1-3-7-15(13)28-17(14)20-16(25)11-27-18-21-22-23-24(18)10-12-5-4-8-26-12/h4-5,8H,1-3,6-7,10-11H2,(H,20,25). The summed E-state index contributed by atoms with van der Waals surface area (Å²) in [5, 5.41) is 25.2. The first-order chi connectivity index (χ1) is 13.7. The fraction of sp³-hybridized carbons (Fsp3) is 0.389. The van der Waals surface area contributed by atoms with Crippen LogP contribution in [0.25, 0.3) is 0 Å². The van der Waals surface area contributed by atoms with Gasteiger partial charge in [0.2, 0.25) is 11.1 Å². The maximum atomic E-state index is 12.5. The van der Waals surface area contributed by atoms with Crippen molar-refractivity contribution in [2.24, 2.45) is 0 Å². The van der Waals surface area contributed by atoms with Crippen molar-refractivity contribution in [1.29, 1.82) is 5.26 Å². The normalized spacial score (nSPS) is 13.5. The van der Waals surface area contributed by atoms with Crippen LogP contribution in [-0.4, -0.2) is 31.9 Å². The van der Waals surface area contributed by atoms with Crippen molar-refractivity contribution in [2.75, 3.05) is 11.1 Å². The number of carbonyl (C=O) groups is 1. The van der Waals surface area contributed by atoms with Crippen LogP contribution in [0.4, 0.5) is 5.00 Å². The van der Waals surface area contributed by atoms with Gasteiger partial charge in [0.15, 0.2) is 0 Å².